The summed E-state index contributed by atoms with van der Waals surface area (Å²) in [5, 5.41) is 14.4. The number of hydrogen-bond acceptors (Lipinski definition) is 4. The standard InChI is InChI=1S/C17H14N2O3S/c1-11-2-4-12(5-3-11)10-18-17(20)16-9-13-8-14(19(21)22)6-7-15(13)23-16/h2-9H,10H2,1H3,(H,18,20). The van der Waals surface area contributed by atoms with Gasteiger partial charge in [-0.25, -0.2) is 0 Å². The number of rotatable bonds is 4. The first-order valence-electron chi connectivity index (χ1n) is 7.04. The van der Waals surface area contributed by atoms with Crippen LogP contribution in [0.15, 0.2) is 48.5 Å². The minimum absolute atomic E-state index is 0.0295. The third kappa shape index (κ3) is 3.37. The maximum atomic E-state index is 12.2. The number of benzene rings is 2. The molecule has 0 radical (unpaired) electrons. The summed E-state index contributed by atoms with van der Waals surface area (Å²) in [5.41, 5.74) is 2.23. The van der Waals surface area contributed by atoms with E-state index in [-0.39, 0.29) is 11.6 Å². The van der Waals surface area contributed by atoms with Gasteiger partial charge in [0, 0.05) is 28.8 Å². The summed E-state index contributed by atoms with van der Waals surface area (Å²) in [7, 11) is 0. The molecule has 0 atom stereocenters. The van der Waals surface area contributed by atoms with E-state index in [1.807, 2.05) is 31.2 Å². The number of thiophene rings is 1. The molecule has 0 spiro atoms. The highest BCUT2D eigenvalue weighted by molar-refractivity contribution is 7.20. The van der Waals surface area contributed by atoms with Crippen molar-refractivity contribution in [3.63, 3.8) is 0 Å². The van der Waals surface area contributed by atoms with Crippen molar-refractivity contribution >= 4 is 33.0 Å². The van der Waals surface area contributed by atoms with Crippen LogP contribution in [0.2, 0.25) is 0 Å². The molecule has 1 N–H and O–H groups in total. The summed E-state index contributed by atoms with van der Waals surface area (Å²) in [6.45, 7) is 2.46. The Morgan fingerprint density at radius 1 is 1.17 bits per heavy atom. The van der Waals surface area contributed by atoms with Crippen LogP contribution in [0.1, 0.15) is 20.8 Å². The molecule has 0 unspecified atom stereocenters. The zero-order chi connectivity index (χ0) is 16.4. The highest BCUT2D eigenvalue weighted by atomic mass is 32.1. The SMILES string of the molecule is Cc1ccc(CNC(=O)c2cc3cc([N+](=O)[O-])ccc3s2)cc1. The van der Waals surface area contributed by atoms with Crippen molar-refractivity contribution in [1.82, 2.24) is 5.32 Å². The van der Waals surface area contributed by atoms with E-state index in [0.29, 0.717) is 16.8 Å². The number of fused-ring (bicyclic) bond motifs is 1. The molecule has 0 bridgehead atoms. The highest BCUT2D eigenvalue weighted by Crippen LogP contribution is 2.28. The van der Waals surface area contributed by atoms with Gasteiger partial charge in [0.15, 0.2) is 0 Å². The predicted molar refractivity (Wildman–Crippen MR) is 90.8 cm³/mol. The molecule has 3 rings (SSSR count). The van der Waals surface area contributed by atoms with Gasteiger partial charge in [0.1, 0.15) is 0 Å². The number of nitro benzene ring substituents is 1. The van der Waals surface area contributed by atoms with E-state index in [2.05, 4.69) is 5.32 Å². The normalized spacial score (nSPS) is 10.7. The summed E-state index contributed by atoms with van der Waals surface area (Å²) < 4.78 is 0.857. The number of nitrogens with one attached hydrogen (secondary N) is 1. The van der Waals surface area contributed by atoms with Crippen LogP contribution in [-0.2, 0) is 6.54 Å². The van der Waals surface area contributed by atoms with Crippen molar-refractivity contribution < 1.29 is 9.72 Å². The summed E-state index contributed by atoms with van der Waals surface area (Å²) >= 11 is 1.33. The van der Waals surface area contributed by atoms with Gasteiger partial charge in [-0.1, -0.05) is 29.8 Å². The Bertz CT molecular complexity index is 884. The number of aryl methyl sites for hydroxylation is 1. The topological polar surface area (TPSA) is 72.2 Å². The van der Waals surface area contributed by atoms with Crippen molar-refractivity contribution in [2.45, 2.75) is 13.5 Å². The number of nitrogens with zero attached hydrogens (tertiary/aromatic N) is 1. The van der Waals surface area contributed by atoms with Crippen molar-refractivity contribution in [3.05, 3.63) is 74.6 Å². The molecular weight excluding hydrogens is 312 g/mol. The van der Waals surface area contributed by atoms with Gasteiger partial charge in [0.05, 0.1) is 9.80 Å². The number of carbonyl (C=O) groups is 1. The lowest BCUT2D eigenvalue weighted by Crippen LogP contribution is -2.21. The van der Waals surface area contributed by atoms with Gasteiger partial charge in [-0.3, -0.25) is 14.9 Å². The zero-order valence-electron chi connectivity index (χ0n) is 12.4. The molecule has 1 heterocycles. The van der Waals surface area contributed by atoms with Crippen LogP contribution >= 0.6 is 11.3 Å². The molecule has 0 saturated heterocycles. The molecule has 0 saturated carbocycles. The Balaban J connectivity index is 1.75. The highest BCUT2D eigenvalue weighted by Gasteiger charge is 2.13. The van der Waals surface area contributed by atoms with Crippen LogP contribution in [-0.4, -0.2) is 10.8 Å². The quantitative estimate of drug-likeness (QED) is 0.581. The first-order valence-corrected chi connectivity index (χ1v) is 7.86. The molecule has 116 valence electrons. The van der Waals surface area contributed by atoms with E-state index in [1.54, 1.807) is 12.1 Å². The van der Waals surface area contributed by atoms with Crippen molar-refractivity contribution in [3.8, 4) is 0 Å². The lowest BCUT2D eigenvalue weighted by Gasteiger charge is -2.04. The van der Waals surface area contributed by atoms with Crippen molar-refractivity contribution in [2.24, 2.45) is 0 Å². The molecule has 0 fully saturated rings. The maximum Gasteiger partial charge on any atom is 0.270 e. The molecular formula is C17H14N2O3S. The Hall–Kier alpha value is -2.73. The zero-order valence-corrected chi connectivity index (χ0v) is 13.2. The second-order valence-electron chi connectivity index (χ2n) is 5.26. The van der Waals surface area contributed by atoms with E-state index in [0.717, 1.165) is 10.3 Å². The first kappa shape index (κ1) is 15.2. The van der Waals surface area contributed by atoms with Gasteiger partial charge in [0.2, 0.25) is 0 Å². The van der Waals surface area contributed by atoms with E-state index in [1.165, 1.54) is 29.0 Å². The Labute approximate surface area is 136 Å². The van der Waals surface area contributed by atoms with Crippen LogP contribution in [0.25, 0.3) is 10.1 Å². The van der Waals surface area contributed by atoms with Crippen LogP contribution < -0.4 is 5.32 Å². The second kappa shape index (κ2) is 6.18. The molecule has 23 heavy (non-hydrogen) atoms. The average molecular weight is 326 g/mol. The van der Waals surface area contributed by atoms with Crippen molar-refractivity contribution in [2.75, 3.05) is 0 Å². The third-order valence-electron chi connectivity index (χ3n) is 3.51. The van der Waals surface area contributed by atoms with Gasteiger partial charge in [-0.05, 0) is 24.6 Å². The van der Waals surface area contributed by atoms with Crippen LogP contribution in [0.5, 0.6) is 0 Å². The first-order chi connectivity index (χ1) is 11.0. The monoisotopic (exact) mass is 326 g/mol. The average Bonchev–Trinajstić information content (AvgIpc) is 2.97. The maximum absolute atomic E-state index is 12.2. The number of carbonyl (C=O) groups excluding carboxylic acids is 1. The van der Waals surface area contributed by atoms with Crippen LogP contribution in [0.3, 0.4) is 0 Å². The minimum atomic E-state index is -0.436. The van der Waals surface area contributed by atoms with Gasteiger partial charge < -0.3 is 5.32 Å². The Morgan fingerprint density at radius 3 is 2.61 bits per heavy atom. The molecule has 1 aromatic heterocycles. The fourth-order valence-electron chi connectivity index (χ4n) is 2.23. The van der Waals surface area contributed by atoms with Gasteiger partial charge in [-0.15, -0.1) is 11.3 Å². The summed E-state index contributed by atoms with van der Waals surface area (Å²) in [4.78, 5) is 23.1. The molecule has 1 amide bonds. The van der Waals surface area contributed by atoms with E-state index >= 15 is 0 Å². The number of nitro groups is 1. The fourth-order valence-corrected chi connectivity index (χ4v) is 3.19. The molecule has 2 aromatic carbocycles. The van der Waals surface area contributed by atoms with E-state index in [4.69, 9.17) is 0 Å². The molecule has 5 nitrogen and oxygen atoms in total. The number of hydrogen-bond donors (Lipinski definition) is 1. The minimum Gasteiger partial charge on any atom is -0.347 e. The van der Waals surface area contributed by atoms with E-state index in [9.17, 15) is 14.9 Å². The molecule has 3 aromatic rings. The van der Waals surface area contributed by atoms with Crippen LogP contribution in [0.4, 0.5) is 5.69 Å². The summed E-state index contributed by atoms with van der Waals surface area (Å²) in [5.74, 6) is -0.172. The van der Waals surface area contributed by atoms with Crippen molar-refractivity contribution in [1.29, 1.82) is 0 Å². The second-order valence-corrected chi connectivity index (χ2v) is 6.34. The largest absolute Gasteiger partial charge is 0.347 e. The Morgan fingerprint density at radius 2 is 1.91 bits per heavy atom. The van der Waals surface area contributed by atoms with Gasteiger partial charge in [-0.2, -0.15) is 0 Å². The third-order valence-corrected chi connectivity index (χ3v) is 4.62. The molecule has 6 heteroatoms. The fraction of sp³-hybridized carbons (Fsp3) is 0.118. The summed E-state index contributed by atoms with van der Waals surface area (Å²) in [6.07, 6.45) is 0. The predicted octanol–water partition coefficient (Wildman–Crippen LogP) is 4.05. The van der Waals surface area contributed by atoms with Crippen LogP contribution in [0, 0.1) is 17.0 Å². The molecule has 0 aliphatic heterocycles. The molecule has 0 aliphatic rings. The Kier molecular flexibility index (Phi) is 4.08. The lowest BCUT2D eigenvalue weighted by atomic mass is 10.1. The molecule has 0 aliphatic carbocycles. The lowest BCUT2D eigenvalue weighted by molar-refractivity contribution is -0.384. The van der Waals surface area contributed by atoms with Gasteiger partial charge >= 0.3 is 0 Å². The van der Waals surface area contributed by atoms with E-state index < -0.39 is 4.92 Å². The number of non-ortho nitro benzene ring substituents is 1. The van der Waals surface area contributed by atoms with Gasteiger partial charge in [0.25, 0.3) is 11.6 Å². The summed E-state index contributed by atoms with van der Waals surface area (Å²) in [6, 6.07) is 14.3. The number of amides is 1. The smallest absolute Gasteiger partial charge is 0.270 e.